The Morgan fingerprint density at radius 3 is 2.50 bits per heavy atom. The van der Waals surface area contributed by atoms with E-state index >= 15 is 0 Å². The fraction of sp³-hybridized carbons (Fsp3) is 0.176. The van der Waals surface area contributed by atoms with Crippen LogP contribution in [0.4, 0.5) is 5.69 Å². The first-order valence-electron chi connectivity index (χ1n) is 6.86. The molecule has 5 nitrogen and oxygen atoms in total. The minimum atomic E-state index is -0.458. The molecule has 0 amide bonds. The highest BCUT2D eigenvalue weighted by Crippen LogP contribution is 2.33. The maximum Gasteiger partial charge on any atom is 0.311 e. The molecule has 0 aliphatic rings. The molecule has 2 aromatic rings. The first-order valence-corrected chi connectivity index (χ1v) is 6.86. The number of benzene rings is 2. The summed E-state index contributed by atoms with van der Waals surface area (Å²) in [5.41, 5.74) is 1.39. The van der Waals surface area contributed by atoms with Crippen LogP contribution in [0.25, 0.3) is 11.1 Å². The second kappa shape index (κ2) is 6.76. The fourth-order valence-electron chi connectivity index (χ4n) is 2.09. The van der Waals surface area contributed by atoms with Crippen molar-refractivity contribution < 1.29 is 14.8 Å². The van der Waals surface area contributed by atoms with E-state index in [1.807, 2.05) is 6.92 Å². The first-order chi connectivity index (χ1) is 10.5. The number of hydrogen-bond donors (Lipinski definition) is 1. The van der Waals surface area contributed by atoms with Gasteiger partial charge in [-0.1, -0.05) is 24.3 Å². The molecular weight excluding hydrogens is 282 g/mol. The number of nitro benzene ring substituents is 1. The SMILES string of the molecule is C=CCC(C)Oc1ccc(-c2ccc(O)cc2)cc1[N+](=O)[O-]. The van der Waals surface area contributed by atoms with Crippen molar-refractivity contribution in [2.45, 2.75) is 19.4 Å². The summed E-state index contributed by atoms with van der Waals surface area (Å²) in [5, 5.41) is 20.6. The molecule has 2 rings (SSSR count). The predicted molar refractivity (Wildman–Crippen MR) is 85.1 cm³/mol. The normalized spacial score (nSPS) is 11.7. The Hall–Kier alpha value is -2.82. The Kier molecular flexibility index (Phi) is 4.78. The Balaban J connectivity index is 2.36. The highest BCUT2D eigenvalue weighted by molar-refractivity contribution is 5.69. The zero-order chi connectivity index (χ0) is 16.1. The van der Waals surface area contributed by atoms with Gasteiger partial charge >= 0.3 is 5.69 Å². The Bertz CT molecular complexity index is 680. The van der Waals surface area contributed by atoms with Gasteiger partial charge in [0.1, 0.15) is 5.75 Å². The van der Waals surface area contributed by atoms with Gasteiger partial charge in [0.2, 0.25) is 0 Å². The molecule has 0 aliphatic heterocycles. The van der Waals surface area contributed by atoms with Crippen LogP contribution in [0.5, 0.6) is 11.5 Å². The average molecular weight is 299 g/mol. The van der Waals surface area contributed by atoms with Gasteiger partial charge in [0.15, 0.2) is 5.75 Å². The molecule has 0 fully saturated rings. The molecule has 0 radical (unpaired) electrons. The Morgan fingerprint density at radius 2 is 1.91 bits per heavy atom. The zero-order valence-electron chi connectivity index (χ0n) is 12.2. The molecule has 1 N–H and O–H groups in total. The highest BCUT2D eigenvalue weighted by atomic mass is 16.6. The Morgan fingerprint density at radius 1 is 1.27 bits per heavy atom. The van der Waals surface area contributed by atoms with Crippen molar-refractivity contribution in [2.24, 2.45) is 0 Å². The standard InChI is InChI=1S/C17H17NO4/c1-3-4-12(2)22-17-10-7-14(11-16(17)18(20)21)13-5-8-15(19)9-6-13/h3,5-12,19H,1,4H2,2H3. The van der Waals surface area contributed by atoms with Crippen molar-refractivity contribution in [2.75, 3.05) is 0 Å². The van der Waals surface area contributed by atoms with Gasteiger partial charge in [-0.05, 0) is 36.2 Å². The van der Waals surface area contributed by atoms with E-state index in [0.717, 1.165) is 5.56 Å². The van der Waals surface area contributed by atoms with Crippen LogP contribution in [0.2, 0.25) is 0 Å². The van der Waals surface area contributed by atoms with Gasteiger partial charge in [0.25, 0.3) is 0 Å². The molecule has 0 aromatic heterocycles. The molecule has 114 valence electrons. The third-order valence-electron chi connectivity index (χ3n) is 3.18. The van der Waals surface area contributed by atoms with Crippen LogP contribution in [0, 0.1) is 10.1 Å². The van der Waals surface area contributed by atoms with E-state index in [4.69, 9.17) is 4.74 Å². The molecule has 0 aliphatic carbocycles. The number of aromatic hydroxyl groups is 1. The van der Waals surface area contributed by atoms with E-state index in [1.54, 1.807) is 30.3 Å². The predicted octanol–water partition coefficient (Wildman–Crippen LogP) is 4.31. The largest absolute Gasteiger partial charge is 0.508 e. The molecule has 1 unspecified atom stereocenters. The summed E-state index contributed by atoms with van der Waals surface area (Å²) in [4.78, 5) is 10.8. The van der Waals surface area contributed by atoms with Crippen molar-refractivity contribution in [3.05, 3.63) is 65.2 Å². The molecule has 0 saturated heterocycles. The van der Waals surface area contributed by atoms with E-state index in [-0.39, 0.29) is 23.3 Å². The van der Waals surface area contributed by atoms with Gasteiger partial charge in [0, 0.05) is 12.5 Å². The summed E-state index contributed by atoms with van der Waals surface area (Å²) >= 11 is 0. The summed E-state index contributed by atoms with van der Waals surface area (Å²) in [5.74, 6) is 0.387. The quantitative estimate of drug-likeness (QED) is 0.490. The lowest BCUT2D eigenvalue weighted by Crippen LogP contribution is -2.11. The maximum absolute atomic E-state index is 11.3. The smallest absolute Gasteiger partial charge is 0.311 e. The van der Waals surface area contributed by atoms with E-state index < -0.39 is 4.92 Å². The number of hydrogen-bond acceptors (Lipinski definition) is 4. The van der Waals surface area contributed by atoms with E-state index in [9.17, 15) is 15.2 Å². The molecule has 0 saturated carbocycles. The monoisotopic (exact) mass is 299 g/mol. The van der Waals surface area contributed by atoms with Crippen LogP contribution >= 0.6 is 0 Å². The molecule has 0 spiro atoms. The van der Waals surface area contributed by atoms with Gasteiger partial charge in [-0.3, -0.25) is 10.1 Å². The number of nitrogens with zero attached hydrogens (tertiary/aromatic N) is 1. The van der Waals surface area contributed by atoms with Crippen molar-refractivity contribution >= 4 is 5.69 Å². The molecule has 5 heteroatoms. The van der Waals surface area contributed by atoms with Crippen LogP contribution in [0.15, 0.2) is 55.1 Å². The number of phenols is 1. The number of phenolic OH excluding ortho intramolecular Hbond substituents is 1. The van der Waals surface area contributed by atoms with E-state index in [0.29, 0.717) is 12.0 Å². The van der Waals surface area contributed by atoms with Crippen LogP contribution in [0.1, 0.15) is 13.3 Å². The van der Waals surface area contributed by atoms with Crippen LogP contribution in [-0.4, -0.2) is 16.1 Å². The fourth-order valence-corrected chi connectivity index (χ4v) is 2.09. The lowest BCUT2D eigenvalue weighted by Gasteiger charge is -2.13. The molecule has 0 heterocycles. The second-order valence-corrected chi connectivity index (χ2v) is 4.94. The van der Waals surface area contributed by atoms with Crippen molar-refractivity contribution in [1.82, 2.24) is 0 Å². The van der Waals surface area contributed by atoms with Crippen molar-refractivity contribution in [3.8, 4) is 22.6 Å². The molecule has 22 heavy (non-hydrogen) atoms. The zero-order valence-corrected chi connectivity index (χ0v) is 12.2. The highest BCUT2D eigenvalue weighted by Gasteiger charge is 2.18. The van der Waals surface area contributed by atoms with Crippen molar-refractivity contribution in [3.63, 3.8) is 0 Å². The summed E-state index contributed by atoms with van der Waals surface area (Å²) < 4.78 is 5.60. The lowest BCUT2D eigenvalue weighted by atomic mass is 10.0. The second-order valence-electron chi connectivity index (χ2n) is 4.94. The summed E-state index contributed by atoms with van der Waals surface area (Å²) in [6.07, 6.45) is 2.13. The third-order valence-corrected chi connectivity index (χ3v) is 3.18. The minimum absolute atomic E-state index is 0.0820. The average Bonchev–Trinajstić information content (AvgIpc) is 2.48. The van der Waals surface area contributed by atoms with Gasteiger partial charge in [-0.25, -0.2) is 0 Å². The van der Waals surface area contributed by atoms with Crippen LogP contribution in [-0.2, 0) is 0 Å². The minimum Gasteiger partial charge on any atom is -0.508 e. The van der Waals surface area contributed by atoms with E-state index in [2.05, 4.69) is 6.58 Å². The number of nitro groups is 1. The topological polar surface area (TPSA) is 72.6 Å². The lowest BCUT2D eigenvalue weighted by molar-refractivity contribution is -0.386. The van der Waals surface area contributed by atoms with Crippen LogP contribution < -0.4 is 4.74 Å². The molecular formula is C17H17NO4. The Labute approximate surface area is 128 Å². The maximum atomic E-state index is 11.3. The summed E-state index contributed by atoms with van der Waals surface area (Å²) in [7, 11) is 0. The van der Waals surface area contributed by atoms with Gasteiger partial charge in [-0.15, -0.1) is 6.58 Å². The first kappa shape index (κ1) is 15.6. The molecule has 2 aromatic carbocycles. The van der Waals surface area contributed by atoms with Gasteiger partial charge in [-0.2, -0.15) is 0 Å². The van der Waals surface area contributed by atoms with Crippen molar-refractivity contribution in [1.29, 1.82) is 0 Å². The summed E-state index contributed by atoms with van der Waals surface area (Å²) in [6, 6.07) is 11.3. The number of ether oxygens (including phenoxy) is 1. The van der Waals surface area contributed by atoms with Gasteiger partial charge < -0.3 is 9.84 Å². The van der Waals surface area contributed by atoms with Gasteiger partial charge in [0.05, 0.1) is 11.0 Å². The number of rotatable bonds is 6. The summed E-state index contributed by atoms with van der Waals surface area (Å²) in [6.45, 7) is 5.46. The third kappa shape index (κ3) is 3.63. The molecule has 1 atom stereocenters. The van der Waals surface area contributed by atoms with E-state index in [1.165, 1.54) is 18.2 Å². The van der Waals surface area contributed by atoms with Crippen LogP contribution in [0.3, 0.4) is 0 Å². The molecule has 0 bridgehead atoms.